The van der Waals surface area contributed by atoms with Crippen LogP contribution in [0.5, 0.6) is 5.75 Å². The first-order valence-corrected chi connectivity index (χ1v) is 16.7. The summed E-state index contributed by atoms with van der Waals surface area (Å²) in [5, 5.41) is 2.93. The standard InChI is InChI=1S/C36H40FN3O5S/c1-4-23-38-36(42)34(24-28-9-7-6-8-10-28)39(25-29-13-11-27(3)12-14-29)35(41)26-40(31-17-19-32(20-18-31)45-5-2)46(43,44)33-21-15-30(37)16-22-33/h6-22,34H,4-5,23-26H2,1-3H3,(H,38,42)/t34-/m0/s1. The number of ether oxygens (including phenoxy) is 1. The normalized spacial score (nSPS) is 11.8. The summed E-state index contributed by atoms with van der Waals surface area (Å²) in [5.41, 5.74) is 2.89. The predicted octanol–water partition coefficient (Wildman–Crippen LogP) is 5.89. The summed E-state index contributed by atoms with van der Waals surface area (Å²) in [6.45, 7) is 6.05. The summed E-state index contributed by atoms with van der Waals surface area (Å²) in [4.78, 5) is 29.5. The molecule has 0 aliphatic heterocycles. The van der Waals surface area contributed by atoms with Crippen LogP contribution in [0.25, 0.3) is 0 Å². The Kier molecular flexibility index (Phi) is 11.9. The number of benzene rings is 4. The molecule has 0 saturated heterocycles. The van der Waals surface area contributed by atoms with Crippen molar-refractivity contribution >= 4 is 27.5 Å². The van der Waals surface area contributed by atoms with Gasteiger partial charge in [0.15, 0.2) is 0 Å². The molecule has 10 heteroatoms. The topological polar surface area (TPSA) is 96.0 Å². The second kappa shape index (κ2) is 16.0. The lowest BCUT2D eigenvalue weighted by atomic mass is 10.0. The molecule has 0 saturated carbocycles. The molecule has 2 amide bonds. The molecule has 46 heavy (non-hydrogen) atoms. The largest absolute Gasteiger partial charge is 0.494 e. The summed E-state index contributed by atoms with van der Waals surface area (Å²) >= 11 is 0. The molecule has 4 aromatic rings. The van der Waals surface area contributed by atoms with Crippen molar-refractivity contribution in [2.75, 3.05) is 24.0 Å². The molecule has 0 radical (unpaired) electrons. The monoisotopic (exact) mass is 645 g/mol. The summed E-state index contributed by atoms with van der Waals surface area (Å²) < 4.78 is 48.4. The highest BCUT2D eigenvalue weighted by atomic mass is 32.2. The smallest absolute Gasteiger partial charge is 0.264 e. The quantitative estimate of drug-likeness (QED) is 0.174. The minimum absolute atomic E-state index is 0.0733. The molecule has 4 rings (SSSR count). The van der Waals surface area contributed by atoms with Crippen molar-refractivity contribution < 1.29 is 27.1 Å². The van der Waals surface area contributed by atoms with Crippen molar-refractivity contribution in [1.29, 1.82) is 0 Å². The fourth-order valence-corrected chi connectivity index (χ4v) is 6.36. The van der Waals surface area contributed by atoms with E-state index in [-0.39, 0.29) is 29.5 Å². The molecule has 0 aromatic heterocycles. The van der Waals surface area contributed by atoms with Gasteiger partial charge in [0.05, 0.1) is 17.2 Å². The van der Waals surface area contributed by atoms with E-state index in [1.54, 1.807) is 24.3 Å². The zero-order chi connectivity index (χ0) is 33.1. The van der Waals surface area contributed by atoms with Crippen LogP contribution in [-0.2, 0) is 32.6 Å². The van der Waals surface area contributed by atoms with Crippen LogP contribution < -0.4 is 14.4 Å². The van der Waals surface area contributed by atoms with Crippen molar-refractivity contribution in [3.05, 3.63) is 126 Å². The van der Waals surface area contributed by atoms with Crippen molar-refractivity contribution in [3.63, 3.8) is 0 Å². The maximum Gasteiger partial charge on any atom is 0.264 e. The van der Waals surface area contributed by atoms with Gasteiger partial charge < -0.3 is 15.0 Å². The Bertz CT molecular complexity index is 1680. The third kappa shape index (κ3) is 8.94. The van der Waals surface area contributed by atoms with Crippen molar-refractivity contribution in [2.45, 2.75) is 51.1 Å². The minimum Gasteiger partial charge on any atom is -0.494 e. The fraction of sp³-hybridized carbons (Fsp3) is 0.278. The van der Waals surface area contributed by atoms with Crippen LogP contribution in [0.15, 0.2) is 108 Å². The van der Waals surface area contributed by atoms with Crippen LogP contribution in [0.4, 0.5) is 10.1 Å². The molecule has 8 nitrogen and oxygen atoms in total. The highest BCUT2D eigenvalue weighted by molar-refractivity contribution is 7.92. The van der Waals surface area contributed by atoms with Gasteiger partial charge in [-0.2, -0.15) is 0 Å². The maximum absolute atomic E-state index is 14.5. The van der Waals surface area contributed by atoms with E-state index >= 15 is 0 Å². The molecule has 1 N–H and O–H groups in total. The number of carbonyl (C=O) groups is 2. The average molecular weight is 646 g/mol. The van der Waals surface area contributed by atoms with Gasteiger partial charge in [-0.25, -0.2) is 12.8 Å². The average Bonchev–Trinajstić information content (AvgIpc) is 3.06. The lowest BCUT2D eigenvalue weighted by Crippen LogP contribution is -2.53. The van der Waals surface area contributed by atoms with E-state index in [1.165, 1.54) is 4.90 Å². The van der Waals surface area contributed by atoms with Crippen LogP contribution in [0.1, 0.15) is 37.0 Å². The summed E-state index contributed by atoms with van der Waals surface area (Å²) in [5.74, 6) is -0.963. The number of anilines is 1. The lowest BCUT2D eigenvalue weighted by Gasteiger charge is -2.34. The van der Waals surface area contributed by atoms with E-state index in [0.717, 1.165) is 45.3 Å². The number of hydrogen-bond donors (Lipinski definition) is 1. The van der Waals surface area contributed by atoms with Gasteiger partial charge in [-0.15, -0.1) is 0 Å². The fourth-order valence-electron chi connectivity index (χ4n) is 4.95. The van der Waals surface area contributed by atoms with Crippen LogP contribution >= 0.6 is 0 Å². The van der Waals surface area contributed by atoms with Gasteiger partial charge in [0, 0.05) is 19.5 Å². The molecule has 0 aliphatic carbocycles. The van der Waals surface area contributed by atoms with E-state index < -0.39 is 34.3 Å². The van der Waals surface area contributed by atoms with Crippen molar-refractivity contribution in [1.82, 2.24) is 10.2 Å². The first-order chi connectivity index (χ1) is 22.1. The number of carbonyl (C=O) groups excluding carboxylic acids is 2. The van der Waals surface area contributed by atoms with Crippen LogP contribution in [0.3, 0.4) is 0 Å². The number of sulfonamides is 1. The zero-order valence-electron chi connectivity index (χ0n) is 26.4. The molecule has 0 aliphatic rings. The third-order valence-corrected chi connectivity index (χ3v) is 9.20. The van der Waals surface area contributed by atoms with Gasteiger partial charge in [-0.05, 0) is 79.9 Å². The first kappa shape index (κ1) is 34.2. The van der Waals surface area contributed by atoms with Gasteiger partial charge in [-0.1, -0.05) is 67.1 Å². The Morgan fingerprint density at radius 1 is 0.848 bits per heavy atom. The van der Waals surface area contributed by atoms with Gasteiger partial charge in [0.1, 0.15) is 24.2 Å². The molecule has 242 valence electrons. The Morgan fingerprint density at radius 3 is 2.11 bits per heavy atom. The summed E-state index contributed by atoms with van der Waals surface area (Å²) in [7, 11) is -4.34. The second-order valence-electron chi connectivity index (χ2n) is 10.9. The van der Waals surface area contributed by atoms with E-state index in [4.69, 9.17) is 4.74 Å². The van der Waals surface area contributed by atoms with Crippen LogP contribution in [0, 0.1) is 12.7 Å². The van der Waals surface area contributed by atoms with Gasteiger partial charge in [-0.3, -0.25) is 13.9 Å². The lowest BCUT2D eigenvalue weighted by molar-refractivity contribution is -0.140. The molecule has 0 unspecified atom stereocenters. The van der Waals surface area contributed by atoms with E-state index in [0.29, 0.717) is 25.3 Å². The molecular weight excluding hydrogens is 605 g/mol. The first-order valence-electron chi connectivity index (χ1n) is 15.3. The van der Waals surface area contributed by atoms with Gasteiger partial charge in [0.2, 0.25) is 11.8 Å². The van der Waals surface area contributed by atoms with Crippen molar-refractivity contribution in [3.8, 4) is 5.75 Å². The number of nitrogens with zero attached hydrogens (tertiary/aromatic N) is 2. The Balaban J connectivity index is 1.79. The Hall–Kier alpha value is -4.70. The highest BCUT2D eigenvalue weighted by Gasteiger charge is 2.34. The molecular formula is C36H40FN3O5S. The molecule has 0 bridgehead atoms. The highest BCUT2D eigenvalue weighted by Crippen LogP contribution is 2.27. The molecule has 4 aromatic carbocycles. The number of amides is 2. The van der Waals surface area contributed by atoms with E-state index in [9.17, 15) is 22.4 Å². The summed E-state index contributed by atoms with van der Waals surface area (Å²) in [6, 6.07) is 26.9. The van der Waals surface area contributed by atoms with Crippen LogP contribution in [0.2, 0.25) is 0 Å². The Labute approximate surface area is 270 Å². The molecule has 0 heterocycles. The number of nitrogens with one attached hydrogen (secondary N) is 1. The van der Waals surface area contributed by atoms with Crippen LogP contribution in [-0.4, -0.2) is 50.9 Å². The maximum atomic E-state index is 14.5. The predicted molar refractivity (Wildman–Crippen MR) is 178 cm³/mol. The van der Waals surface area contributed by atoms with E-state index in [2.05, 4.69) is 5.32 Å². The van der Waals surface area contributed by atoms with Crippen molar-refractivity contribution in [2.24, 2.45) is 0 Å². The number of aryl methyl sites for hydroxylation is 1. The zero-order valence-corrected chi connectivity index (χ0v) is 27.2. The van der Waals surface area contributed by atoms with Gasteiger partial charge in [0.25, 0.3) is 10.0 Å². The molecule has 1 atom stereocenters. The SMILES string of the molecule is CCCNC(=O)[C@H](Cc1ccccc1)N(Cc1ccc(C)cc1)C(=O)CN(c1ccc(OCC)cc1)S(=O)(=O)c1ccc(F)cc1. The number of halogens is 1. The Morgan fingerprint density at radius 2 is 1.50 bits per heavy atom. The minimum atomic E-state index is -4.34. The number of hydrogen-bond acceptors (Lipinski definition) is 5. The summed E-state index contributed by atoms with van der Waals surface area (Å²) in [6.07, 6.45) is 0.929. The van der Waals surface area contributed by atoms with Gasteiger partial charge >= 0.3 is 0 Å². The second-order valence-corrected chi connectivity index (χ2v) is 12.8. The molecule has 0 fully saturated rings. The molecule has 0 spiro atoms. The number of rotatable bonds is 15. The third-order valence-electron chi connectivity index (χ3n) is 7.41. The van der Waals surface area contributed by atoms with E-state index in [1.807, 2.05) is 75.4 Å².